The predicted molar refractivity (Wildman–Crippen MR) is 76.8 cm³/mol. The number of hydrogen-bond donors (Lipinski definition) is 2. The molecule has 6 nitrogen and oxygen atoms in total. The average molecular weight is 290 g/mol. The molecule has 1 unspecified atom stereocenters. The summed E-state index contributed by atoms with van der Waals surface area (Å²) < 4.78 is 5.40. The lowest BCUT2D eigenvalue weighted by molar-refractivity contribution is -0.131. The Morgan fingerprint density at radius 1 is 1.48 bits per heavy atom. The number of carbonyl (C=O) groups excluding carboxylic acids is 1. The molecule has 1 aromatic rings. The lowest BCUT2D eigenvalue weighted by atomic mass is 9.94. The van der Waals surface area contributed by atoms with Crippen molar-refractivity contribution < 1.29 is 19.4 Å². The number of aromatic nitrogens is 1. The molecule has 1 aliphatic heterocycles. The van der Waals surface area contributed by atoms with Crippen molar-refractivity contribution >= 4 is 18.0 Å². The summed E-state index contributed by atoms with van der Waals surface area (Å²) in [5, 5.41) is 11.5. The summed E-state index contributed by atoms with van der Waals surface area (Å²) in [5.41, 5.74) is 0.564. The first-order valence-electron chi connectivity index (χ1n) is 6.76. The molecule has 0 bridgehead atoms. The van der Waals surface area contributed by atoms with Gasteiger partial charge in [-0.1, -0.05) is 6.07 Å². The summed E-state index contributed by atoms with van der Waals surface area (Å²) in [4.78, 5) is 26.6. The third kappa shape index (κ3) is 4.39. The van der Waals surface area contributed by atoms with Crippen LogP contribution in [0.1, 0.15) is 35.8 Å². The van der Waals surface area contributed by atoms with E-state index in [0.29, 0.717) is 17.9 Å². The molecule has 0 spiro atoms. The van der Waals surface area contributed by atoms with Gasteiger partial charge in [0.05, 0.1) is 12.1 Å². The first kappa shape index (κ1) is 15.2. The van der Waals surface area contributed by atoms with Gasteiger partial charge in [0, 0.05) is 18.9 Å². The molecule has 1 fully saturated rings. The maximum atomic E-state index is 12.2. The lowest BCUT2D eigenvalue weighted by Crippen LogP contribution is -2.51. The van der Waals surface area contributed by atoms with E-state index in [1.807, 2.05) is 6.92 Å². The van der Waals surface area contributed by atoms with Crippen molar-refractivity contribution in [3.05, 3.63) is 35.7 Å². The zero-order valence-corrected chi connectivity index (χ0v) is 11.8. The summed E-state index contributed by atoms with van der Waals surface area (Å²) in [6.07, 6.45) is 5.71. The fourth-order valence-electron chi connectivity index (χ4n) is 2.18. The minimum Gasteiger partial charge on any atom is -0.478 e. The van der Waals surface area contributed by atoms with Crippen LogP contribution in [-0.4, -0.2) is 40.7 Å². The molecule has 0 saturated carbocycles. The Labute approximate surface area is 122 Å². The monoisotopic (exact) mass is 290 g/mol. The Bertz CT molecular complexity index is 545. The van der Waals surface area contributed by atoms with Crippen LogP contribution < -0.4 is 5.32 Å². The molecule has 1 saturated heterocycles. The molecular weight excluding hydrogens is 272 g/mol. The van der Waals surface area contributed by atoms with Gasteiger partial charge in [-0.05, 0) is 37.5 Å². The number of hydrogen-bond acceptors (Lipinski definition) is 4. The first-order valence-corrected chi connectivity index (χ1v) is 6.76. The number of carboxylic acid groups (broad SMARTS) is 1. The number of pyridine rings is 1. The summed E-state index contributed by atoms with van der Waals surface area (Å²) in [7, 11) is 0. The number of aliphatic carboxylic acids is 1. The van der Waals surface area contributed by atoms with Crippen molar-refractivity contribution in [2.45, 2.75) is 25.3 Å². The summed E-state index contributed by atoms with van der Waals surface area (Å²) in [6, 6.07) is 3.23. The average Bonchev–Trinajstić information content (AvgIpc) is 2.46. The third-order valence-corrected chi connectivity index (χ3v) is 3.29. The van der Waals surface area contributed by atoms with Gasteiger partial charge in [0.25, 0.3) is 5.91 Å². The quantitative estimate of drug-likeness (QED) is 0.820. The zero-order chi connectivity index (χ0) is 15.3. The van der Waals surface area contributed by atoms with Gasteiger partial charge in [-0.2, -0.15) is 0 Å². The van der Waals surface area contributed by atoms with Crippen molar-refractivity contribution in [2.75, 3.05) is 13.2 Å². The third-order valence-electron chi connectivity index (χ3n) is 3.29. The highest BCUT2D eigenvalue weighted by molar-refractivity contribution is 5.93. The van der Waals surface area contributed by atoms with E-state index in [1.165, 1.54) is 12.3 Å². The molecule has 0 radical (unpaired) electrons. The number of amides is 1. The fraction of sp³-hybridized carbons (Fsp3) is 0.400. The number of ether oxygens (including phenoxy) is 1. The minimum absolute atomic E-state index is 0.253. The second-order valence-electron chi connectivity index (χ2n) is 5.32. The molecule has 1 aliphatic rings. The molecule has 1 aromatic heterocycles. The maximum Gasteiger partial charge on any atom is 0.328 e. The van der Waals surface area contributed by atoms with Gasteiger partial charge in [-0.25, -0.2) is 4.79 Å². The SMILES string of the molecule is CC1(NC(=O)c2ccc(/C=C/C(=O)O)cn2)CCCOC1. The number of nitrogens with zero attached hydrogens (tertiary/aromatic N) is 1. The molecule has 0 aromatic carbocycles. The van der Waals surface area contributed by atoms with E-state index in [9.17, 15) is 9.59 Å². The van der Waals surface area contributed by atoms with E-state index in [-0.39, 0.29) is 11.4 Å². The normalized spacial score (nSPS) is 22.1. The van der Waals surface area contributed by atoms with Crippen LogP contribution in [0.4, 0.5) is 0 Å². The van der Waals surface area contributed by atoms with E-state index in [4.69, 9.17) is 9.84 Å². The van der Waals surface area contributed by atoms with Crippen molar-refractivity contribution in [2.24, 2.45) is 0 Å². The van der Waals surface area contributed by atoms with E-state index < -0.39 is 5.97 Å². The van der Waals surface area contributed by atoms with Crippen LogP contribution in [0.15, 0.2) is 24.4 Å². The molecule has 1 amide bonds. The van der Waals surface area contributed by atoms with E-state index >= 15 is 0 Å². The van der Waals surface area contributed by atoms with Crippen LogP contribution in [0.2, 0.25) is 0 Å². The van der Waals surface area contributed by atoms with Gasteiger partial charge in [0.2, 0.25) is 0 Å². The molecule has 2 rings (SSSR count). The Kier molecular flexibility index (Phi) is 4.70. The van der Waals surface area contributed by atoms with E-state index in [2.05, 4.69) is 10.3 Å². The van der Waals surface area contributed by atoms with Gasteiger partial charge < -0.3 is 15.2 Å². The number of carbonyl (C=O) groups is 2. The predicted octanol–water partition coefficient (Wildman–Crippen LogP) is 1.48. The standard InChI is InChI=1S/C15H18N2O4/c1-15(7-2-8-21-10-15)17-14(20)12-5-3-11(9-16-12)4-6-13(18)19/h3-6,9H,2,7-8,10H2,1H3,(H,17,20)(H,18,19)/b6-4+. The van der Waals surface area contributed by atoms with Crippen LogP contribution in [0, 0.1) is 0 Å². The smallest absolute Gasteiger partial charge is 0.328 e. The van der Waals surface area contributed by atoms with E-state index in [0.717, 1.165) is 25.5 Å². The Morgan fingerprint density at radius 3 is 2.86 bits per heavy atom. The lowest BCUT2D eigenvalue weighted by Gasteiger charge is -2.34. The Morgan fingerprint density at radius 2 is 2.29 bits per heavy atom. The fourth-order valence-corrected chi connectivity index (χ4v) is 2.18. The second kappa shape index (κ2) is 6.49. The Hall–Kier alpha value is -2.21. The maximum absolute atomic E-state index is 12.2. The van der Waals surface area contributed by atoms with Gasteiger partial charge in [-0.3, -0.25) is 9.78 Å². The second-order valence-corrected chi connectivity index (χ2v) is 5.32. The number of rotatable bonds is 4. The Balaban J connectivity index is 2.01. The zero-order valence-electron chi connectivity index (χ0n) is 11.8. The number of carboxylic acids is 1. The molecule has 1 atom stereocenters. The highest BCUT2D eigenvalue weighted by atomic mass is 16.5. The molecule has 0 aliphatic carbocycles. The van der Waals surface area contributed by atoms with E-state index in [1.54, 1.807) is 12.1 Å². The van der Waals surface area contributed by atoms with Crippen molar-refractivity contribution in [3.63, 3.8) is 0 Å². The van der Waals surface area contributed by atoms with Crippen molar-refractivity contribution in [1.82, 2.24) is 10.3 Å². The molecule has 2 heterocycles. The molecule has 2 N–H and O–H groups in total. The number of nitrogens with one attached hydrogen (secondary N) is 1. The van der Waals surface area contributed by atoms with Crippen LogP contribution in [0.5, 0.6) is 0 Å². The molecular formula is C15H18N2O4. The summed E-state index contributed by atoms with van der Waals surface area (Å²) in [6.45, 7) is 3.18. The van der Waals surface area contributed by atoms with Crippen molar-refractivity contribution in [1.29, 1.82) is 0 Å². The molecule has 6 heteroatoms. The minimum atomic E-state index is -1.03. The molecule has 112 valence electrons. The van der Waals surface area contributed by atoms with Gasteiger partial charge in [0.1, 0.15) is 5.69 Å². The van der Waals surface area contributed by atoms with Gasteiger partial charge >= 0.3 is 5.97 Å². The van der Waals surface area contributed by atoms with Crippen molar-refractivity contribution in [3.8, 4) is 0 Å². The van der Waals surface area contributed by atoms with Crippen LogP contribution in [-0.2, 0) is 9.53 Å². The summed E-state index contributed by atoms with van der Waals surface area (Å²) >= 11 is 0. The van der Waals surface area contributed by atoms with Crippen LogP contribution >= 0.6 is 0 Å². The largest absolute Gasteiger partial charge is 0.478 e. The van der Waals surface area contributed by atoms with Crippen LogP contribution in [0.3, 0.4) is 0 Å². The highest BCUT2D eigenvalue weighted by Gasteiger charge is 2.29. The molecule has 21 heavy (non-hydrogen) atoms. The van der Waals surface area contributed by atoms with Gasteiger partial charge in [-0.15, -0.1) is 0 Å². The topological polar surface area (TPSA) is 88.5 Å². The van der Waals surface area contributed by atoms with Gasteiger partial charge in [0.15, 0.2) is 0 Å². The summed E-state index contributed by atoms with van der Waals surface area (Å²) in [5.74, 6) is -1.28. The first-order chi connectivity index (χ1) is 9.98. The highest BCUT2D eigenvalue weighted by Crippen LogP contribution is 2.18. The van der Waals surface area contributed by atoms with Crippen LogP contribution in [0.25, 0.3) is 6.08 Å².